The fraction of sp³-hybridized carbons (Fsp3) is 0.312. The van der Waals surface area contributed by atoms with Gasteiger partial charge < -0.3 is 4.90 Å². The minimum atomic E-state index is -0.154. The average molecular weight is 316 g/mol. The van der Waals surface area contributed by atoms with Gasteiger partial charge in [-0.3, -0.25) is 4.79 Å². The zero-order valence-electron chi connectivity index (χ0n) is 13.3. The molecule has 1 heterocycles. The van der Waals surface area contributed by atoms with Crippen LogP contribution in [0.1, 0.15) is 23.2 Å². The Balaban J connectivity index is 1.95. The third kappa shape index (κ3) is 4.39. The molecule has 1 amide bonds. The number of nitrogens with zero attached hydrogens (tertiary/aromatic N) is 3. The standard InChI is InChI=1S/C16H20N4OS/c1-11-10-22-16(17-11)9-15(21)19-18-12(2)13-5-7-14(8-6-13)20(3)4/h5-8,10H,9H2,1-4H3,(H,19,21)/b18-12+. The lowest BCUT2D eigenvalue weighted by Gasteiger charge is -2.12. The number of thiazole rings is 1. The SMILES string of the molecule is C/C(=N\NC(=O)Cc1nc(C)cs1)c1ccc(N(C)C)cc1. The van der Waals surface area contributed by atoms with Gasteiger partial charge in [0.05, 0.1) is 12.1 Å². The monoisotopic (exact) mass is 316 g/mol. The van der Waals surface area contributed by atoms with Gasteiger partial charge in [-0.25, -0.2) is 10.4 Å². The molecule has 1 aromatic carbocycles. The van der Waals surface area contributed by atoms with E-state index in [0.717, 1.165) is 27.7 Å². The number of amides is 1. The lowest BCUT2D eigenvalue weighted by atomic mass is 10.1. The second kappa shape index (κ2) is 7.17. The van der Waals surface area contributed by atoms with E-state index in [4.69, 9.17) is 0 Å². The number of aromatic nitrogens is 1. The molecule has 6 heteroatoms. The predicted molar refractivity (Wildman–Crippen MR) is 91.7 cm³/mol. The predicted octanol–water partition coefficient (Wildman–Crippen LogP) is 2.60. The summed E-state index contributed by atoms with van der Waals surface area (Å²) in [6, 6.07) is 8.03. The zero-order valence-corrected chi connectivity index (χ0v) is 14.1. The number of hydrogen-bond donors (Lipinski definition) is 1. The van der Waals surface area contributed by atoms with Crippen LogP contribution >= 0.6 is 11.3 Å². The fourth-order valence-corrected chi connectivity index (χ4v) is 2.64. The molecular weight excluding hydrogens is 296 g/mol. The summed E-state index contributed by atoms with van der Waals surface area (Å²) in [6.45, 7) is 3.79. The summed E-state index contributed by atoms with van der Waals surface area (Å²) < 4.78 is 0. The summed E-state index contributed by atoms with van der Waals surface area (Å²) in [7, 11) is 3.99. The summed E-state index contributed by atoms with van der Waals surface area (Å²) in [4.78, 5) is 18.1. The second-order valence-electron chi connectivity index (χ2n) is 5.23. The van der Waals surface area contributed by atoms with E-state index in [9.17, 15) is 4.79 Å². The highest BCUT2D eigenvalue weighted by Gasteiger charge is 2.06. The van der Waals surface area contributed by atoms with Crippen molar-refractivity contribution in [2.75, 3.05) is 19.0 Å². The first-order chi connectivity index (χ1) is 10.5. The van der Waals surface area contributed by atoms with Crippen LogP contribution in [-0.2, 0) is 11.2 Å². The highest BCUT2D eigenvalue weighted by atomic mass is 32.1. The van der Waals surface area contributed by atoms with Crippen molar-refractivity contribution in [3.8, 4) is 0 Å². The maximum Gasteiger partial charge on any atom is 0.246 e. The number of aryl methyl sites for hydroxylation is 1. The maximum absolute atomic E-state index is 11.8. The third-order valence-corrected chi connectivity index (χ3v) is 4.09. The van der Waals surface area contributed by atoms with Crippen LogP contribution in [0.25, 0.3) is 0 Å². The van der Waals surface area contributed by atoms with E-state index in [-0.39, 0.29) is 12.3 Å². The van der Waals surface area contributed by atoms with Crippen molar-refractivity contribution in [1.82, 2.24) is 10.4 Å². The van der Waals surface area contributed by atoms with Crippen LogP contribution in [0.4, 0.5) is 5.69 Å². The smallest absolute Gasteiger partial charge is 0.246 e. The molecule has 116 valence electrons. The number of anilines is 1. The van der Waals surface area contributed by atoms with Gasteiger partial charge >= 0.3 is 0 Å². The topological polar surface area (TPSA) is 57.6 Å². The van der Waals surface area contributed by atoms with Crippen molar-refractivity contribution >= 4 is 28.6 Å². The molecule has 0 aliphatic rings. The molecule has 0 unspecified atom stereocenters. The van der Waals surface area contributed by atoms with Gasteiger partial charge in [0.25, 0.3) is 0 Å². The van der Waals surface area contributed by atoms with Crippen molar-refractivity contribution in [1.29, 1.82) is 0 Å². The Labute approximate surface area is 134 Å². The molecule has 0 fully saturated rings. The first kappa shape index (κ1) is 16.2. The molecule has 1 aromatic heterocycles. The number of hydrazone groups is 1. The first-order valence-electron chi connectivity index (χ1n) is 6.97. The second-order valence-corrected chi connectivity index (χ2v) is 6.18. The third-order valence-electron chi connectivity index (χ3n) is 3.13. The average Bonchev–Trinajstić information content (AvgIpc) is 2.90. The molecule has 0 bridgehead atoms. The van der Waals surface area contributed by atoms with Crippen molar-refractivity contribution in [3.05, 3.63) is 45.9 Å². The van der Waals surface area contributed by atoms with E-state index in [1.54, 1.807) is 0 Å². The molecule has 0 aliphatic heterocycles. The molecule has 0 aliphatic carbocycles. The quantitative estimate of drug-likeness (QED) is 0.681. The van der Waals surface area contributed by atoms with Crippen LogP contribution in [0.5, 0.6) is 0 Å². The van der Waals surface area contributed by atoms with E-state index in [1.807, 2.05) is 62.5 Å². The van der Waals surface area contributed by atoms with Crippen LogP contribution in [0.3, 0.4) is 0 Å². The summed E-state index contributed by atoms with van der Waals surface area (Å²) in [5.41, 5.74) is 6.40. The van der Waals surface area contributed by atoms with Crippen molar-refractivity contribution in [3.63, 3.8) is 0 Å². The largest absolute Gasteiger partial charge is 0.378 e. The van der Waals surface area contributed by atoms with E-state index in [0.29, 0.717) is 0 Å². The Hall–Kier alpha value is -2.21. The van der Waals surface area contributed by atoms with Gasteiger partial charge in [-0.05, 0) is 31.5 Å². The molecule has 22 heavy (non-hydrogen) atoms. The molecular formula is C16H20N4OS. The Morgan fingerprint density at radius 2 is 2.00 bits per heavy atom. The normalized spacial score (nSPS) is 11.4. The minimum Gasteiger partial charge on any atom is -0.378 e. The molecule has 0 radical (unpaired) electrons. The van der Waals surface area contributed by atoms with Gasteiger partial charge in [0.2, 0.25) is 5.91 Å². The Bertz CT molecular complexity index is 674. The van der Waals surface area contributed by atoms with Gasteiger partial charge in [0.1, 0.15) is 5.01 Å². The molecule has 0 saturated carbocycles. The summed E-state index contributed by atoms with van der Waals surface area (Å²) in [5.74, 6) is -0.154. The van der Waals surface area contributed by atoms with E-state index in [1.165, 1.54) is 11.3 Å². The lowest BCUT2D eigenvalue weighted by molar-refractivity contribution is -0.120. The molecule has 0 atom stereocenters. The van der Waals surface area contributed by atoms with Crippen LogP contribution in [0.2, 0.25) is 0 Å². The Morgan fingerprint density at radius 3 is 2.55 bits per heavy atom. The van der Waals surface area contributed by atoms with Crippen molar-refractivity contribution < 1.29 is 4.79 Å². The molecule has 5 nitrogen and oxygen atoms in total. The summed E-state index contributed by atoms with van der Waals surface area (Å²) >= 11 is 1.49. The van der Waals surface area contributed by atoms with Crippen LogP contribution in [0, 0.1) is 6.92 Å². The van der Waals surface area contributed by atoms with Crippen LogP contribution in [0.15, 0.2) is 34.7 Å². The number of benzene rings is 1. The number of rotatable bonds is 5. The molecule has 1 N–H and O–H groups in total. The minimum absolute atomic E-state index is 0.154. The fourth-order valence-electron chi connectivity index (χ4n) is 1.87. The number of carbonyl (C=O) groups excluding carboxylic acids is 1. The van der Waals surface area contributed by atoms with Gasteiger partial charge in [0.15, 0.2) is 0 Å². The molecule has 2 aromatic rings. The van der Waals surface area contributed by atoms with E-state index < -0.39 is 0 Å². The maximum atomic E-state index is 11.8. The molecule has 0 saturated heterocycles. The zero-order chi connectivity index (χ0) is 16.1. The van der Waals surface area contributed by atoms with E-state index in [2.05, 4.69) is 15.5 Å². The Morgan fingerprint density at radius 1 is 1.32 bits per heavy atom. The highest BCUT2D eigenvalue weighted by Crippen LogP contribution is 2.13. The van der Waals surface area contributed by atoms with Gasteiger partial charge in [-0.2, -0.15) is 5.10 Å². The van der Waals surface area contributed by atoms with Gasteiger partial charge in [0, 0.05) is 30.9 Å². The van der Waals surface area contributed by atoms with Gasteiger partial charge in [-0.15, -0.1) is 11.3 Å². The molecule has 2 rings (SSSR count). The number of nitrogens with one attached hydrogen (secondary N) is 1. The van der Waals surface area contributed by atoms with Crippen LogP contribution < -0.4 is 10.3 Å². The van der Waals surface area contributed by atoms with E-state index >= 15 is 0 Å². The lowest BCUT2D eigenvalue weighted by Crippen LogP contribution is -2.21. The van der Waals surface area contributed by atoms with Gasteiger partial charge in [-0.1, -0.05) is 12.1 Å². The van der Waals surface area contributed by atoms with Crippen molar-refractivity contribution in [2.45, 2.75) is 20.3 Å². The van der Waals surface area contributed by atoms with Crippen molar-refractivity contribution in [2.24, 2.45) is 5.10 Å². The molecule has 0 spiro atoms. The summed E-state index contributed by atoms with van der Waals surface area (Å²) in [6.07, 6.45) is 0.259. The summed E-state index contributed by atoms with van der Waals surface area (Å²) in [5, 5.41) is 6.89. The number of hydrogen-bond acceptors (Lipinski definition) is 5. The Kier molecular flexibility index (Phi) is 5.27. The number of carbonyl (C=O) groups is 1. The van der Waals surface area contributed by atoms with Crippen LogP contribution in [-0.4, -0.2) is 30.7 Å². The highest BCUT2D eigenvalue weighted by molar-refractivity contribution is 7.09. The first-order valence-corrected chi connectivity index (χ1v) is 7.85.